The van der Waals surface area contributed by atoms with Gasteiger partial charge >= 0.3 is 0 Å². The highest BCUT2D eigenvalue weighted by Crippen LogP contribution is 2.53. The van der Waals surface area contributed by atoms with Crippen molar-refractivity contribution in [1.29, 1.82) is 0 Å². The van der Waals surface area contributed by atoms with Crippen molar-refractivity contribution >= 4 is 11.4 Å². The molecule has 4 atom stereocenters. The number of benzene rings is 1. The van der Waals surface area contributed by atoms with Gasteiger partial charge in [0.25, 0.3) is 0 Å². The summed E-state index contributed by atoms with van der Waals surface area (Å²) in [5.74, 6) is 0.943. The van der Waals surface area contributed by atoms with E-state index in [1.807, 2.05) is 30.4 Å². The summed E-state index contributed by atoms with van der Waals surface area (Å²) in [6.45, 7) is 0. The van der Waals surface area contributed by atoms with Crippen LogP contribution in [0.5, 0.6) is 5.75 Å². The molecule has 4 heteroatoms. The van der Waals surface area contributed by atoms with Gasteiger partial charge in [-0.2, -0.15) is 0 Å². The Morgan fingerprint density at radius 3 is 2.57 bits per heavy atom. The topological polar surface area (TPSA) is 55.8 Å². The molecule has 1 aromatic carbocycles. The molecule has 0 aromatic heterocycles. The minimum absolute atomic E-state index is 0.0134. The Balaban J connectivity index is 1.66. The van der Waals surface area contributed by atoms with Crippen LogP contribution in [0.4, 0.5) is 0 Å². The second-order valence-corrected chi connectivity index (χ2v) is 6.85. The van der Waals surface area contributed by atoms with Gasteiger partial charge in [-0.15, -0.1) is 0 Å². The summed E-state index contributed by atoms with van der Waals surface area (Å²) in [5, 5.41) is 10.8. The Kier molecular flexibility index (Phi) is 2.61. The monoisotopic (exact) mass is 310 g/mol. The summed E-state index contributed by atoms with van der Waals surface area (Å²) in [5.41, 5.74) is 2.49. The third-order valence-corrected chi connectivity index (χ3v) is 5.57. The highest BCUT2D eigenvalue weighted by Gasteiger charge is 2.57. The number of ketones is 1. The molecule has 23 heavy (non-hydrogen) atoms. The zero-order valence-electron chi connectivity index (χ0n) is 12.9. The Morgan fingerprint density at radius 1 is 1.17 bits per heavy atom. The third-order valence-electron chi connectivity index (χ3n) is 5.57. The highest BCUT2D eigenvalue weighted by molar-refractivity contribution is 6.25. The number of carbonyl (C=O) groups excluding carboxylic acids is 1. The average Bonchev–Trinajstić information content (AvgIpc) is 3.11. The molecule has 2 fully saturated rings. The van der Waals surface area contributed by atoms with Crippen LogP contribution in [0.15, 0.2) is 36.1 Å². The van der Waals surface area contributed by atoms with Gasteiger partial charge in [0.2, 0.25) is 0 Å². The molecule has 4 aliphatic rings. The minimum atomic E-state index is -0.266. The van der Waals surface area contributed by atoms with Crippen molar-refractivity contribution in [2.75, 3.05) is 7.11 Å². The molecule has 2 aliphatic heterocycles. The standard InChI is InChI=1S/C19H18O4/c1-22-10-4-5-11(9-2-3-9)12(8-10)15-18(20)16-13-6-7-14(23-13)17(16)19(15)21/h4-9,13-14,16-17,20H,2-3H2,1H3/t13-,14+,16?,17?/m1/s1. The smallest absolute Gasteiger partial charge is 0.173 e. The van der Waals surface area contributed by atoms with E-state index >= 15 is 0 Å². The predicted molar refractivity (Wildman–Crippen MR) is 84.3 cm³/mol. The zero-order valence-corrected chi connectivity index (χ0v) is 12.9. The first-order chi connectivity index (χ1) is 11.2. The lowest BCUT2D eigenvalue weighted by atomic mass is 9.84. The highest BCUT2D eigenvalue weighted by atomic mass is 16.5. The molecule has 1 aromatic rings. The summed E-state index contributed by atoms with van der Waals surface area (Å²) in [7, 11) is 1.62. The maximum Gasteiger partial charge on any atom is 0.173 e. The largest absolute Gasteiger partial charge is 0.511 e. The number of aliphatic hydroxyl groups is 1. The molecule has 4 nitrogen and oxygen atoms in total. The van der Waals surface area contributed by atoms with Crippen molar-refractivity contribution in [1.82, 2.24) is 0 Å². The van der Waals surface area contributed by atoms with Gasteiger partial charge in [-0.3, -0.25) is 4.79 Å². The number of Topliss-reactive ketones (excluding diaryl/α,β-unsaturated/α-hetero) is 1. The molecule has 1 N–H and O–H groups in total. The molecule has 1 saturated carbocycles. The fraction of sp³-hybridized carbons (Fsp3) is 0.421. The third kappa shape index (κ3) is 1.73. The lowest BCUT2D eigenvalue weighted by molar-refractivity contribution is -0.118. The Morgan fingerprint density at radius 2 is 1.91 bits per heavy atom. The van der Waals surface area contributed by atoms with Crippen molar-refractivity contribution in [3.63, 3.8) is 0 Å². The van der Waals surface area contributed by atoms with E-state index < -0.39 is 0 Å². The molecule has 2 bridgehead atoms. The first kappa shape index (κ1) is 13.4. The molecular weight excluding hydrogens is 292 g/mol. The fourth-order valence-corrected chi connectivity index (χ4v) is 4.31. The molecule has 0 radical (unpaired) electrons. The molecule has 0 spiro atoms. The number of allylic oxidation sites excluding steroid dienone is 1. The van der Waals surface area contributed by atoms with Gasteiger partial charge in [-0.05, 0) is 42.0 Å². The molecule has 5 rings (SSSR count). The van der Waals surface area contributed by atoms with Crippen LogP contribution in [0.3, 0.4) is 0 Å². The van der Waals surface area contributed by atoms with Crippen LogP contribution >= 0.6 is 0 Å². The summed E-state index contributed by atoms with van der Waals surface area (Å²) in [6, 6.07) is 5.87. The number of methoxy groups -OCH3 is 1. The van der Waals surface area contributed by atoms with Gasteiger partial charge in [0.15, 0.2) is 5.78 Å². The number of aliphatic hydroxyl groups excluding tert-OH is 1. The van der Waals surface area contributed by atoms with E-state index in [-0.39, 0.29) is 35.6 Å². The molecule has 1 saturated heterocycles. The van der Waals surface area contributed by atoms with E-state index in [0.29, 0.717) is 17.2 Å². The van der Waals surface area contributed by atoms with Crippen LogP contribution in [0.25, 0.3) is 5.57 Å². The number of carbonyl (C=O) groups is 1. The summed E-state index contributed by atoms with van der Waals surface area (Å²) in [4.78, 5) is 13.0. The van der Waals surface area contributed by atoms with Crippen LogP contribution < -0.4 is 4.74 Å². The van der Waals surface area contributed by atoms with Crippen molar-refractivity contribution < 1.29 is 19.4 Å². The molecule has 2 aliphatic carbocycles. The van der Waals surface area contributed by atoms with E-state index in [1.165, 1.54) is 0 Å². The first-order valence-electron chi connectivity index (χ1n) is 8.18. The maximum atomic E-state index is 13.0. The number of rotatable bonds is 3. The maximum absolute atomic E-state index is 13.0. The Bertz CT molecular complexity index is 772. The van der Waals surface area contributed by atoms with Gasteiger partial charge in [0.1, 0.15) is 11.5 Å². The van der Waals surface area contributed by atoms with Crippen LogP contribution in [-0.4, -0.2) is 30.2 Å². The van der Waals surface area contributed by atoms with Crippen LogP contribution in [0.1, 0.15) is 29.9 Å². The second kappa shape index (κ2) is 4.48. The van der Waals surface area contributed by atoms with Gasteiger partial charge in [-0.1, -0.05) is 18.2 Å². The van der Waals surface area contributed by atoms with Crippen LogP contribution in [0, 0.1) is 11.8 Å². The predicted octanol–water partition coefficient (Wildman–Crippen LogP) is 2.99. The van der Waals surface area contributed by atoms with Gasteiger partial charge in [0.05, 0.1) is 36.7 Å². The normalized spacial score (nSPS) is 34.4. The Labute approximate surface area is 134 Å². The molecule has 118 valence electrons. The summed E-state index contributed by atoms with van der Waals surface area (Å²) in [6.07, 6.45) is 5.85. The minimum Gasteiger partial charge on any atom is -0.511 e. The lowest BCUT2D eigenvalue weighted by Crippen LogP contribution is -2.26. The Hall–Kier alpha value is -2.07. The van der Waals surface area contributed by atoms with Crippen LogP contribution in [0.2, 0.25) is 0 Å². The number of hydrogen-bond acceptors (Lipinski definition) is 4. The number of fused-ring (bicyclic) bond motifs is 5. The summed E-state index contributed by atoms with van der Waals surface area (Å²) < 4.78 is 11.1. The van der Waals surface area contributed by atoms with Gasteiger partial charge < -0.3 is 14.6 Å². The van der Waals surface area contributed by atoms with Crippen LogP contribution in [-0.2, 0) is 9.53 Å². The van der Waals surface area contributed by atoms with Crippen molar-refractivity contribution in [2.45, 2.75) is 31.0 Å². The first-order valence-corrected chi connectivity index (χ1v) is 8.18. The van der Waals surface area contributed by atoms with Crippen molar-refractivity contribution in [2.24, 2.45) is 11.8 Å². The SMILES string of the molecule is COc1ccc(C2CC2)c(C2=C(O)C3C(C2=O)[C@@H]2C=C[C@H]3O2)c1. The van der Waals surface area contributed by atoms with Crippen molar-refractivity contribution in [3.8, 4) is 5.75 Å². The quantitative estimate of drug-likeness (QED) is 0.872. The average molecular weight is 310 g/mol. The van der Waals surface area contributed by atoms with Gasteiger partial charge in [0, 0.05) is 0 Å². The van der Waals surface area contributed by atoms with E-state index in [0.717, 1.165) is 24.0 Å². The lowest BCUT2D eigenvalue weighted by Gasteiger charge is -2.15. The fourth-order valence-electron chi connectivity index (χ4n) is 4.31. The molecular formula is C19H18O4. The van der Waals surface area contributed by atoms with Crippen molar-refractivity contribution in [3.05, 3.63) is 47.2 Å². The molecule has 0 amide bonds. The second-order valence-electron chi connectivity index (χ2n) is 6.85. The molecule has 2 heterocycles. The van der Waals surface area contributed by atoms with E-state index in [9.17, 15) is 9.90 Å². The zero-order chi connectivity index (χ0) is 15.7. The molecule has 2 unspecified atom stereocenters. The van der Waals surface area contributed by atoms with E-state index in [4.69, 9.17) is 9.47 Å². The van der Waals surface area contributed by atoms with E-state index in [1.54, 1.807) is 7.11 Å². The summed E-state index contributed by atoms with van der Waals surface area (Å²) >= 11 is 0. The van der Waals surface area contributed by atoms with Gasteiger partial charge in [-0.25, -0.2) is 0 Å². The van der Waals surface area contributed by atoms with E-state index in [2.05, 4.69) is 0 Å². The number of ether oxygens (including phenoxy) is 2. The number of hydrogen-bond donors (Lipinski definition) is 1.